The van der Waals surface area contributed by atoms with Gasteiger partial charge in [0.25, 0.3) is 0 Å². The van der Waals surface area contributed by atoms with E-state index in [-0.39, 0.29) is 6.61 Å². The van der Waals surface area contributed by atoms with Crippen molar-refractivity contribution >= 4 is 11.7 Å². The molecule has 0 radical (unpaired) electrons. The van der Waals surface area contributed by atoms with Gasteiger partial charge in [-0.3, -0.25) is 0 Å². The average molecular weight is 221 g/mol. The van der Waals surface area contributed by atoms with Crippen molar-refractivity contribution in [3.63, 3.8) is 0 Å². The first-order chi connectivity index (χ1) is 7.65. The number of fused-ring (bicyclic) bond motifs is 1. The SMILES string of the molecule is C[C@H](C(=O)O)N1CCc2c(CO)cccc21. The number of aliphatic hydroxyl groups excluding tert-OH is 1. The zero-order valence-electron chi connectivity index (χ0n) is 9.18. The lowest BCUT2D eigenvalue weighted by molar-refractivity contribution is -0.138. The summed E-state index contributed by atoms with van der Waals surface area (Å²) in [7, 11) is 0. The fraction of sp³-hybridized carbons (Fsp3) is 0.417. The summed E-state index contributed by atoms with van der Waals surface area (Å²) >= 11 is 0. The third-order valence-electron chi connectivity index (χ3n) is 3.16. The Bertz CT molecular complexity index is 417. The van der Waals surface area contributed by atoms with Crippen LogP contribution in [0, 0.1) is 0 Å². The molecule has 0 saturated heterocycles. The molecule has 1 aliphatic rings. The second-order valence-electron chi connectivity index (χ2n) is 4.03. The van der Waals surface area contributed by atoms with Crippen LogP contribution in [-0.2, 0) is 17.8 Å². The summed E-state index contributed by atoms with van der Waals surface area (Å²) in [5.74, 6) is -0.817. The molecule has 1 atom stereocenters. The topological polar surface area (TPSA) is 60.8 Å². The normalized spacial score (nSPS) is 16.0. The van der Waals surface area contributed by atoms with Gasteiger partial charge in [-0.05, 0) is 30.5 Å². The van der Waals surface area contributed by atoms with E-state index < -0.39 is 12.0 Å². The van der Waals surface area contributed by atoms with Crippen LogP contribution in [0.3, 0.4) is 0 Å². The van der Waals surface area contributed by atoms with Gasteiger partial charge in [0.1, 0.15) is 6.04 Å². The molecule has 0 fully saturated rings. The maximum atomic E-state index is 11.0. The highest BCUT2D eigenvalue weighted by atomic mass is 16.4. The number of hydrogen-bond donors (Lipinski definition) is 2. The van der Waals surface area contributed by atoms with Crippen molar-refractivity contribution in [2.75, 3.05) is 11.4 Å². The summed E-state index contributed by atoms with van der Waals surface area (Å²) in [6.07, 6.45) is 0.809. The van der Waals surface area contributed by atoms with Gasteiger partial charge in [-0.1, -0.05) is 12.1 Å². The van der Waals surface area contributed by atoms with Gasteiger partial charge < -0.3 is 15.1 Å². The number of aliphatic hydroxyl groups is 1. The van der Waals surface area contributed by atoms with E-state index in [0.29, 0.717) is 6.54 Å². The molecule has 4 heteroatoms. The highest BCUT2D eigenvalue weighted by molar-refractivity contribution is 5.79. The van der Waals surface area contributed by atoms with Crippen molar-refractivity contribution in [3.8, 4) is 0 Å². The van der Waals surface area contributed by atoms with Crippen LogP contribution in [0.5, 0.6) is 0 Å². The molecule has 0 amide bonds. The van der Waals surface area contributed by atoms with Crippen molar-refractivity contribution in [3.05, 3.63) is 29.3 Å². The van der Waals surface area contributed by atoms with Gasteiger partial charge in [0.05, 0.1) is 6.61 Å². The minimum atomic E-state index is -0.817. The number of benzene rings is 1. The Morgan fingerprint density at radius 1 is 1.56 bits per heavy atom. The predicted octanol–water partition coefficient (Wildman–Crippen LogP) is 1.01. The monoisotopic (exact) mass is 221 g/mol. The Morgan fingerprint density at radius 3 is 2.94 bits per heavy atom. The van der Waals surface area contributed by atoms with E-state index in [0.717, 1.165) is 23.2 Å². The van der Waals surface area contributed by atoms with Crippen molar-refractivity contribution in [1.82, 2.24) is 0 Å². The number of carbonyl (C=O) groups is 1. The van der Waals surface area contributed by atoms with Crippen molar-refractivity contribution in [2.45, 2.75) is 26.0 Å². The molecule has 0 spiro atoms. The van der Waals surface area contributed by atoms with E-state index in [4.69, 9.17) is 5.11 Å². The van der Waals surface area contributed by atoms with Gasteiger partial charge in [-0.2, -0.15) is 0 Å². The first-order valence-electron chi connectivity index (χ1n) is 5.36. The largest absolute Gasteiger partial charge is 0.480 e. The molecule has 1 aromatic rings. The molecule has 0 bridgehead atoms. The molecule has 0 aliphatic carbocycles. The lowest BCUT2D eigenvalue weighted by Crippen LogP contribution is -2.37. The number of aliphatic carboxylic acids is 1. The first-order valence-corrected chi connectivity index (χ1v) is 5.36. The molecule has 0 unspecified atom stereocenters. The van der Waals surface area contributed by atoms with Crippen LogP contribution in [-0.4, -0.2) is 28.8 Å². The molecule has 4 nitrogen and oxygen atoms in total. The standard InChI is InChI=1S/C12H15NO3/c1-8(12(15)16)13-6-5-10-9(7-14)3-2-4-11(10)13/h2-4,8,14H,5-7H2,1H3,(H,15,16)/t8-/m1/s1. The van der Waals surface area contributed by atoms with E-state index in [1.165, 1.54) is 0 Å². The number of carboxylic acid groups (broad SMARTS) is 1. The number of carboxylic acids is 1. The molecule has 1 heterocycles. The maximum Gasteiger partial charge on any atom is 0.326 e. The van der Waals surface area contributed by atoms with Crippen LogP contribution in [0.4, 0.5) is 5.69 Å². The third kappa shape index (κ3) is 1.65. The van der Waals surface area contributed by atoms with Gasteiger partial charge in [0.2, 0.25) is 0 Å². The quantitative estimate of drug-likeness (QED) is 0.799. The molecule has 1 aliphatic heterocycles. The minimum absolute atomic E-state index is 0.0124. The van der Waals surface area contributed by atoms with E-state index in [2.05, 4.69) is 0 Å². The van der Waals surface area contributed by atoms with Crippen LogP contribution in [0.2, 0.25) is 0 Å². The fourth-order valence-electron chi connectivity index (χ4n) is 2.22. The minimum Gasteiger partial charge on any atom is -0.480 e. The van der Waals surface area contributed by atoms with E-state index in [9.17, 15) is 9.90 Å². The fourth-order valence-corrected chi connectivity index (χ4v) is 2.22. The molecule has 16 heavy (non-hydrogen) atoms. The summed E-state index contributed by atoms with van der Waals surface area (Å²) in [4.78, 5) is 12.8. The molecule has 2 rings (SSSR count). The lowest BCUT2D eigenvalue weighted by atomic mass is 10.1. The Hall–Kier alpha value is -1.55. The van der Waals surface area contributed by atoms with Gasteiger partial charge >= 0.3 is 5.97 Å². The average Bonchev–Trinajstić information content (AvgIpc) is 2.71. The zero-order chi connectivity index (χ0) is 11.7. The maximum absolute atomic E-state index is 11.0. The second-order valence-corrected chi connectivity index (χ2v) is 4.03. The molecule has 0 saturated carbocycles. The van der Waals surface area contributed by atoms with Gasteiger partial charge in [0.15, 0.2) is 0 Å². The molecular formula is C12H15NO3. The highest BCUT2D eigenvalue weighted by Crippen LogP contribution is 2.32. The second kappa shape index (κ2) is 4.14. The smallest absolute Gasteiger partial charge is 0.326 e. The number of anilines is 1. The van der Waals surface area contributed by atoms with Crippen LogP contribution >= 0.6 is 0 Å². The summed E-state index contributed by atoms with van der Waals surface area (Å²) in [6, 6.07) is 5.14. The van der Waals surface area contributed by atoms with Crippen molar-refractivity contribution in [2.24, 2.45) is 0 Å². The number of hydrogen-bond acceptors (Lipinski definition) is 3. The third-order valence-corrected chi connectivity index (χ3v) is 3.16. The molecule has 2 N–H and O–H groups in total. The highest BCUT2D eigenvalue weighted by Gasteiger charge is 2.28. The van der Waals surface area contributed by atoms with E-state index >= 15 is 0 Å². The first kappa shape index (κ1) is 11.0. The number of rotatable bonds is 3. The van der Waals surface area contributed by atoms with Crippen LogP contribution in [0.15, 0.2) is 18.2 Å². The van der Waals surface area contributed by atoms with Crippen molar-refractivity contribution in [1.29, 1.82) is 0 Å². The van der Waals surface area contributed by atoms with Gasteiger partial charge in [-0.25, -0.2) is 4.79 Å². The summed E-state index contributed by atoms with van der Waals surface area (Å²) in [5, 5.41) is 18.2. The Balaban J connectivity index is 2.37. The van der Waals surface area contributed by atoms with E-state index in [1.807, 2.05) is 23.1 Å². The zero-order valence-corrected chi connectivity index (χ0v) is 9.18. The Labute approximate surface area is 94.1 Å². The Kier molecular flexibility index (Phi) is 2.83. The Morgan fingerprint density at radius 2 is 2.31 bits per heavy atom. The summed E-state index contributed by atoms with van der Waals surface area (Å²) in [5.41, 5.74) is 2.93. The molecule has 1 aromatic carbocycles. The predicted molar refractivity (Wildman–Crippen MR) is 60.5 cm³/mol. The molecular weight excluding hydrogens is 206 g/mol. The van der Waals surface area contributed by atoms with E-state index in [1.54, 1.807) is 6.92 Å². The molecule has 86 valence electrons. The summed E-state index contributed by atoms with van der Waals surface area (Å²) in [6.45, 7) is 2.40. The van der Waals surface area contributed by atoms with Crippen LogP contribution in [0.25, 0.3) is 0 Å². The van der Waals surface area contributed by atoms with Crippen molar-refractivity contribution < 1.29 is 15.0 Å². The van der Waals surface area contributed by atoms with Gasteiger partial charge in [-0.15, -0.1) is 0 Å². The summed E-state index contributed by atoms with van der Waals surface area (Å²) < 4.78 is 0. The van der Waals surface area contributed by atoms with Crippen LogP contribution < -0.4 is 4.90 Å². The van der Waals surface area contributed by atoms with Gasteiger partial charge in [0, 0.05) is 12.2 Å². The lowest BCUT2D eigenvalue weighted by Gasteiger charge is -2.23. The number of nitrogens with zero attached hydrogens (tertiary/aromatic N) is 1. The molecule has 0 aromatic heterocycles. The van der Waals surface area contributed by atoms with Crippen LogP contribution in [0.1, 0.15) is 18.1 Å².